The summed E-state index contributed by atoms with van der Waals surface area (Å²) in [6.45, 7) is 11.2. The first-order chi connectivity index (χ1) is 14.5. The van der Waals surface area contributed by atoms with Crippen LogP contribution in [-0.2, 0) is 6.54 Å². The van der Waals surface area contributed by atoms with Crippen molar-refractivity contribution < 1.29 is 4.79 Å². The summed E-state index contributed by atoms with van der Waals surface area (Å²) in [5, 5.41) is 10.8. The molecule has 0 fully saturated rings. The number of nitrogens with one attached hydrogen (secondary N) is 1. The summed E-state index contributed by atoms with van der Waals surface area (Å²) in [5.41, 5.74) is 5.29. The van der Waals surface area contributed by atoms with Gasteiger partial charge < -0.3 is 0 Å². The molecule has 30 heavy (non-hydrogen) atoms. The van der Waals surface area contributed by atoms with Gasteiger partial charge in [-0.15, -0.1) is 0 Å². The number of rotatable bonds is 8. The van der Waals surface area contributed by atoms with E-state index in [0.29, 0.717) is 23.5 Å². The Balaban J connectivity index is 1.77. The topological polar surface area (TPSA) is 85.1 Å². The van der Waals surface area contributed by atoms with Crippen LogP contribution in [0.2, 0.25) is 0 Å². The first kappa shape index (κ1) is 21.2. The first-order valence-corrected chi connectivity index (χ1v) is 9.94. The predicted octanol–water partition coefficient (Wildman–Crippen LogP) is 3.17. The average Bonchev–Trinajstić information content (AvgIpc) is 3.26. The van der Waals surface area contributed by atoms with Crippen LogP contribution < -0.4 is 10.4 Å². The molecule has 2 heterocycles. The van der Waals surface area contributed by atoms with E-state index < -0.39 is 0 Å². The van der Waals surface area contributed by atoms with Crippen molar-refractivity contribution >= 4 is 17.8 Å². The summed E-state index contributed by atoms with van der Waals surface area (Å²) in [7, 11) is 0. The summed E-state index contributed by atoms with van der Waals surface area (Å²) in [4.78, 5) is 23.5. The molecule has 0 bridgehead atoms. The number of hydrogen-bond donors (Lipinski definition) is 1. The van der Waals surface area contributed by atoms with Crippen molar-refractivity contribution in [3.05, 3.63) is 71.7 Å². The van der Waals surface area contributed by atoms with Crippen molar-refractivity contribution in [2.24, 2.45) is 5.92 Å². The molecule has 7 heteroatoms. The number of benzene rings is 1. The number of aromatic nitrogens is 2. The minimum atomic E-state index is -0.239. The molecular weight excluding hydrogens is 376 g/mol. The van der Waals surface area contributed by atoms with Crippen LogP contribution in [0.1, 0.15) is 41.2 Å². The Morgan fingerprint density at radius 2 is 2.03 bits per heavy atom. The van der Waals surface area contributed by atoms with Crippen LogP contribution in [-0.4, -0.2) is 40.4 Å². The highest BCUT2D eigenvalue weighted by Gasteiger charge is 2.18. The van der Waals surface area contributed by atoms with E-state index in [1.165, 1.54) is 6.20 Å². The van der Waals surface area contributed by atoms with Gasteiger partial charge in [0.1, 0.15) is 6.07 Å². The number of nitrogens with zero attached hydrogens (tertiary/aromatic N) is 5. The summed E-state index contributed by atoms with van der Waals surface area (Å²) < 4.78 is 0. The average molecular weight is 403 g/mol. The molecule has 1 amide bonds. The molecule has 1 aromatic heterocycles. The second kappa shape index (κ2) is 9.81. The fraction of sp³-hybridized carbons (Fsp3) is 0.304. The predicted molar refractivity (Wildman–Crippen MR) is 117 cm³/mol. The lowest BCUT2D eigenvalue weighted by molar-refractivity contribution is 0.0947. The van der Waals surface area contributed by atoms with Gasteiger partial charge in [0, 0.05) is 43.5 Å². The van der Waals surface area contributed by atoms with Crippen molar-refractivity contribution in [1.82, 2.24) is 20.3 Å². The summed E-state index contributed by atoms with van der Waals surface area (Å²) in [6, 6.07) is 9.56. The molecule has 0 saturated heterocycles. The van der Waals surface area contributed by atoms with E-state index in [1.807, 2.05) is 44.2 Å². The normalized spacial score (nSPS) is 13.3. The fourth-order valence-electron chi connectivity index (χ4n) is 3.20. The second-order valence-electron chi connectivity index (χ2n) is 7.60. The lowest BCUT2D eigenvalue weighted by Crippen LogP contribution is -2.45. The maximum absolute atomic E-state index is 12.9. The van der Waals surface area contributed by atoms with Crippen molar-refractivity contribution in [2.45, 2.75) is 20.4 Å². The number of anilines is 1. The molecule has 0 radical (unpaired) electrons. The van der Waals surface area contributed by atoms with Gasteiger partial charge in [-0.05, 0) is 23.6 Å². The van der Waals surface area contributed by atoms with Crippen LogP contribution in [0.5, 0.6) is 0 Å². The number of amides is 1. The van der Waals surface area contributed by atoms with E-state index in [4.69, 9.17) is 5.26 Å². The highest BCUT2D eigenvalue weighted by molar-refractivity contribution is 5.95. The molecule has 0 aliphatic carbocycles. The molecule has 0 saturated carbocycles. The Bertz CT molecular complexity index is 966. The molecule has 0 atom stereocenters. The van der Waals surface area contributed by atoms with Crippen molar-refractivity contribution in [3.8, 4) is 6.07 Å². The van der Waals surface area contributed by atoms with Crippen LogP contribution >= 0.6 is 0 Å². The zero-order valence-corrected chi connectivity index (χ0v) is 17.4. The third-order valence-corrected chi connectivity index (χ3v) is 4.67. The van der Waals surface area contributed by atoms with Gasteiger partial charge in [0.05, 0.1) is 0 Å². The van der Waals surface area contributed by atoms with Crippen molar-refractivity contribution in [3.63, 3.8) is 0 Å². The first-order valence-electron chi connectivity index (χ1n) is 9.94. The fourth-order valence-corrected chi connectivity index (χ4v) is 3.20. The zero-order valence-electron chi connectivity index (χ0n) is 17.4. The standard InChI is InChI=1S/C23H26N6O/c1-4-19-14-25-21(13-24)26-22(19)29(15-17(2)3)27-23(30)20-9-7-18(8-10-20)16-28-11-5-6-12-28/h4-10,14,17H,1,11-12,15-16H2,2-3H3,(H,27,30). The molecular formula is C23H26N6O. The third-order valence-electron chi connectivity index (χ3n) is 4.67. The SMILES string of the molecule is C=Cc1cnc(C#N)nc1N(CC(C)C)NC(=O)c1ccc(CN2CC=CC2)cc1. The van der Waals surface area contributed by atoms with Gasteiger partial charge in [0.15, 0.2) is 5.82 Å². The van der Waals surface area contributed by atoms with Gasteiger partial charge in [-0.3, -0.25) is 20.1 Å². The summed E-state index contributed by atoms with van der Waals surface area (Å²) in [6.07, 6.45) is 7.47. The highest BCUT2D eigenvalue weighted by atomic mass is 16.2. The van der Waals surface area contributed by atoms with Gasteiger partial charge in [-0.2, -0.15) is 10.2 Å². The Labute approximate surface area is 177 Å². The van der Waals surface area contributed by atoms with E-state index in [0.717, 1.165) is 25.2 Å². The largest absolute Gasteiger partial charge is 0.292 e. The van der Waals surface area contributed by atoms with Crippen molar-refractivity contribution in [2.75, 3.05) is 24.6 Å². The van der Waals surface area contributed by atoms with E-state index in [-0.39, 0.29) is 17.6 Å². The number of carbonyl (C=O) groups excluding carboxylic acids is 1. The molecule has 0 spiro atoms. The molecule has 7 nitrogen and oxygen atoms in total. The maximum atomic E-state index is 12.9. The Kier molecular flexibility index (Phi) is 6.94. The van der Waals surface area contributed by atoms with Gasteiger partial charge in [-0.25, -0.2) is 4.98 Å². The van der Waals surface area contributed by atoms with Crippen LogP contribution in [0.25, 0.3) is 6.08 Å². The molecule has 3 rings (SSSR count). The Morgan fingerprint density at radius 1 is 1.33 bits per heavy atom. The lowest BCUT2D eigenvalue weighted by atomic mass is 10.1. The maximum Gasteiger partial charge on any atom is 0.269 e. The molecule has 1 aromatic carbocycles. The van der Waals surface area contributed by atoms with Crippen molar-refractivity contribution in [1.29, 1.82) is 5.26 Å². The van der Waals surface area contributed by atoms with E-state index in [9.17, 15) is 4.79 Å². The molecule has 1 N–H and O–H groups in total. The second-order valence-corrected chi connectivity index (χ2v) is 7.60. The summed E-state index contributed by atoms with van der Waals surface area (Å²) in [5.74, 6) is 0.508. The number of nitriles is 1. The Morgan fingerprint density at radius 3 is 2.63 bits per heavy atom. The lowest BCUT2D eigenvalue weighted by Gasteiger charge is -2.27. The number of carbonyl (C=O) groups is 1. The molecule has 1 aliphatic heterocycles. The van der Waals surface area contributed by atoms with Crippen LogP contribution in [0.4, 0.5) is 5.82 Å². The van der Waals surface area contributed by atoms with E-state index in [2.05, 4.69) is 39.0 Å². The van der Waals surface area contributed by atoms with Gasteiger partial charge in [0.25, 0.3) is 5.91 Å². The van der Waals surface area contributed by atoms with Gasteiger partial charge in [-0.1, -0.05) is 50.8 Å². The van der Waals surface area contributed by atoms with Gasteiger partial charge in [0.2, 0.25) is 5.82 Å². The molecule has 1 aliphatic rings. The Hall–Kier alpha value is -3.50. The third kappa shape index (κ3) is 5.31. The minimum Gasteiger partial charge on any atom is -0.292 e. The van der Waals surface area contributed by atoms with Crippen LogP contribution in [0.3, 0.4) is 0 Å². The zero-order chi connectivity index (χ0) is 21.5. The molecule has 0 unspecified atom stereocenters. The van der Waals surface area contributed by atoms with Crippen LogP contribution in [0.15, 0.2) is 49.2 Å². The summed E-state index contributed by atoms with van der Waals surface area (Å²) >= 11 is 0. The highest BCUT2D eigenvalue weighted by Crippen LogP contribution is 2.19. The quantitative estimate of drug-likeness (QED) is 0.539. The number of hydrogen-bond acceptors (Lipinski definition) is 6. The van der Waals surface area contributed by atoms with Gasteiger partial charge >= 0.3 is 0 Å². The van der Waals surface area contributed by atoms with E-state index in [1.54, 1.807) is 11.1 Å². The monoisotopic (exact) mass is 402 g/mol. The number of hydrazine groups is 1. The smallest absolute Gasteiger partial charge is 0.269 e. The minimum absolute atomic E-state index is 0.0411. The van der Waals surface area contributed by atoms with Crippen LogP contribution in [0, 0.1) is 17.2 Å². The molecule has 154 valence electrons. The molecule has 2 aromatic rings. The van der Waals surface area contributed by atoms with E-state index >= 15 is 0 Å².